The number of carbonyl (C=O) groups is 1. The fourth-order valence-corrected chi connectivity index (χ4v) is 5.32. The molecule has 0 fully saturated rings. The van der Waals surface area contributed by atoms with Gasteiger partial charge in [-0.1, -0.05) is 18.2 Å². The lowest BCUT2D eigenvalue weighted by Crippen LogP contribution is -2.20. The summed E-state index contributed by atoms with van der Waals surface area (Å²) in [7, 11) is 0. The van der Waals surface area contributed by atoms with Crippen molar-refractivity contribution in [2.24, 2.45) is 0 Å². The van der Waals surface area contributed by atoms with E-state index in [0.29, 0.717) is 11.6 Å². The van der Waals surface area contributed by atoms with E-state index in [1.165, 1.54) is 16.9 Å². The van der Waals surface area contributed by atoms with E-state index in [4.69, 9.17) is 9.72 Å². The van der Waals surface area contributed by atoms with Crippen molar-refractivity contribution in [2.45, 2.75) is 32.6 Å². The number of nitrogens with zero attached hydrogens (tertiary/aromatic N) is 1. The number of thiophene rings is 1. The van der Waals surface area contributed by atoms with Crippen LogP contribution < -0.4 is 15.6 Å². The lowest BCUT2D eigenvalue weighted by Gasteiger charge is -2.10. The van der Waals surface area contributed by atoms with E-state index in [-0.39, 0.29) is 18.1 Å². The highest BCUT2D eigenvalue weighted by molar-refractivity contribution is 7.18. The Bertz CT molecular complexity index is 1360. The Hall–Kier alpha value is -3.45. The molecule has 4 aromatic rings. The van der Waals surface area contributed by atoms with Crippen LogP contribution in [0.5, 0.6) is 5.75 Å². The van der Waals surface area contributed by atoms with Crippen molar-refractivity contribution in [3.8, 4) is 17.1 Å². The first-order valence-corrected chi connectivity index (χ1v) is 11.5. The lowest BCUT2D eigenvalue weighted by atomic mass is 9.97. The quantitative estimate of drug-likeness (QED) is 0.460. The first-order chi connectivity index (χ1) is 15.6. The highest BCUT2D eigenvalue weighted by Gasteiger charge is 2.20. The van der Waals surface area contributed by atoms with Crippen LogP contribution in [0.4, 0.5) is 5.69 Å². The third-order valence-electron chi connectivity index (χ3n) is 5.74. The van der Waals surface area contributed by atoms with E-state index >= 15 is 0 Å². The van der Waals surface area contributed by atoms with Gasteiger partial charge < -0.3 is 15.0 Å². The normalized spacial score (nSPS) is 13.0. The van der Waals surface area contributed by atoms with Crippen molar-refractivity contribution < 1.29 is 9.53 Å². The molecule has 0 unspecified atom stereocenters. The van der Waals surface area contributed by atoms with E-state index in [9.17, 15) is 9.59 Å². The first kappa shape index (κ1) is 20.5. The van der Waals surface area contributed by atoms with Gasteiger partial charge in [-0.3, -0.25) is 9.59 Å². The second-order valence-electron chi connectivity index (χ2n) is 7.98. The van der Waals surface area contributed by atoms with Gasteiger partial charge >= 0.3 is 0 Å². The van der Waals surface area contributed by atoms with Crippen molar-refractivity contribution in [2.75, 3.05) is 11.9 Å². The summed E-state index contributed by atoms with van der Waals surface area (Å²) in [5, 5.41) is 3.61. The predicted octanol–water partition coefficient (Wildman–Crippen LogP) is 4.86. The molecule has 0 spiro atoms. The molecule has 1 amide bonds. The van der Waals surface area contributed by atoms with Crippen molar-refractivity contribution in [3.63, 3.8) is 0 Å². The van der Waals surface area contributed by atoms with Crippen LogP contribution in [0.25, 0.3) is 21.6 Å². The summed E-state index contributed by atoms with van der Waals surface area (Å²) >= 11 is 1.64. The van der Waals surface area contributed by atoms with Gasteiger partial charge in [0.1, 0.15) is 16.4 Å². The minimum absolute atomic E-state index is 0.0717. The van der Waals surface area contributed by atoms with Gasteiger partial charge in [-0.25, -0.2) is 4.98 Å². The Balaban J connectivity index is 1.29. The molecule has 0 bridgehead atoms. The number of H-pyrrole nitrogens is 1. The third kappa shape index (κ3) is 4.03. The summed E-state index contributed by atoms with van der Waals surface area (Å²) in [6.45, 7) is 1.85. The number of hydrogen-bond donors (Lipinski definition) is 2. The van der Waals surface area contributed by atoms with E-state index < -0.39 is 0 Å². The Morgan fingerprint density at radius 2 is 1.91 bits per heavy atom. The fourth-order valence-electron chi connectivity index (χ4n) is 4.06. The molecule has 2 N–H and O–H groups in total. The Kier molecular flexibility index (Phi) is 5.49. The highest BCUT2D eigenvalue weighted by Crippen LogP contribution is 2.34. The molecule has 1 aliphatic carbocycles. The molecule has 2 aromatic heterocycles. The zero-order valence-corrected chi connectivity index (χ0v) is 18.6. The van der Waals surface area contributed by atoms with Gasteiger partial charge in [0.15, 0.2) is 6.61 Å². The van der Waals surface area contributed by atoms with Gasteiger partial charge in [0.05, 0.1) is 5.39 Å². The lowest BCUT2D eigenvalue weighted by molar-refractivity contribution is -0.118. The summed E-state index contributed by atoms with van der Waals surface area (Å²) < 4.78 is 5.62. The number of aryl methyl sites for hydroxylation is 3. The number of carbonyl (C=O) groups excluding carboxylic acids is 1. The van der Waals surface area contributed by atoms with Crippen molar-refractivity contribution in [1.82, 2.24) is 9.97 Å². The molecule has 162 valence electrons. The molecule has 5 rings (SSSR count). The monoisotopic (exact) mass is 445 g/mol. The van der Waals surface area contributed by atoms with E-state index in [0.717, 1.165) is 46.3 Å². The Morgan fingerprint density at radius 3 is 2.72 bits per heavy atom. The van der Waals surface area contributed by atoms with Crippen LogP contribution in [0.15, 0.2) is 53.3 Å². The fraction of sp³-hybridized carbons (Fsp3) is 0.240. The zero-order chi connectivity index (χ0) is 22.1. The maximum atomic E-state index is 12.8. The first-order valence-electron chi connectivity index (χ1n) is 10.7. The maximum absolute atomic E-state index is 12.8. The molecular formula is C25H23N3O3S. The van der Waals surface area contributed by atoms with E-state index in [1.807, 2.05) is 43.3 Å². The molecule has 6 nitrogen and oxygen atoms in total. The van der Waals surface area contributed by atoms with E-state index in [2.05, 4.69) is 10.3 Å². The Labute approximate surface area is 189 Å². The highest BCUT2D eigenvalue weighted by atomic mass is 32.1. The topological polar surface area (TPSA) is 84.1 Å². The van der Waals surface area contributed by atoms with Crippen molar-refractivity contribution >= 4 is 33.1 Å². The van der Waals surface area contributed by atoms with Gasteiger partial charge in [-0.2, -0.15) is 0 Å². The number of amides is 1. The molecular weight excluding hydrogens is 422 g/mol. The second kappa shape index (κ2) is 8.59. The number of anilines is 1. The van der Waals surface area contributed by atoms with Gasteiger partial charge in [0.25, 0.3) is 11.5 Å². The van der Waals surface area contributed by atoms with Crippen LogP contribution >= 0.6 is 11.3 Å². The average molecular weight is 446 g/mol. The van der Waals surface area contributed by atoms with Gasteiger partial charge in [-0.15, -0.1) is 11.3 Å². The summed E-state index contributed by atoms with van der Waals surface area (Å²) in [6, 6.07) is 14.8. The molecule has 0 saturated heterocycles. The largest absolute Gasteiger partial charge is 0.484 e. The molecule has 7 heteroatoms. The number of aromatic nitrogens is 2. The number of para-hydroxylation sites is 1. The van der Waals surface area contributed by atoms with Crippen molar-refractivity contribution in [3.05, 3.63) is 74.9 Å². The van der Waals surface area contributed by atoms with E-state index in [1.54, 1.807) is 23.5 Å². The summed E-state index contributed by atoms with van der Waals surface area (Å²) in [6.07, 6.45) is 4.30. The van der Waals surface area contributed by atoms with Crippen LogP contribution in [-0.2, 0) is 17.6 Å². The molecule has 32 heavy (non-hydrogen) atoms. The molecule has 0 saturated carbocycles. The van der Waals surface area contributed by atoms with Gasteiger partial charge in [0.2, 0.25) is 0 Å². The minimum Gasteiger partial charge on any atom is -0.484 e. The molecule has 0 aliphatic heterocycles. The second-order valence-corrected chi connectivity index (χ2v) is 9.07. The Morgan fingerprint density at radius 1 is 1.12 bits per heavy atom. The molecule has 0 radical (unpaired) electrons. The van der Waals surface area contributed by atoms with Crippen LogP contribution in [0, 0.1) is 6.92 Å². The van der Waals surface area contributed by atoms with Gasteiger partial charge in [-0.05, 0) is 74.1 Å². The number of benzene rings is 2. The van der Waals surface area contributed by atoms with Crippen LogP contribution in [0.1, 0.15) is 28.8 Å². The number of aromatic amines is 1. The average Bonchev–Trinajstić information content (AvgIpc) is 3.18. The summed E-state index contributed by atoms with van der Waals surface area (Å²) in [5.41, 5.74) is 3.68. The summed E-state index contributed by atoms with van der Waals surface area (Å²) in [5.74, 6) is 0.898. The third-order valence-corrected chi connectivity index (χ3v) is 6.93. The zero-order valence-electron chi connectivity index (χ0n) is 17.7. The summed E-state index contributed by atoms with van der Waals surface area (Å²) in [4.78, 5) is 34.7. The predicted molar refractivity (Wildman–Crippen MR) is 128 cm³/mol. The standard InChI is InChI=1S/C25H23N3O3S/c1-15-6-2-4-8-19(15)26-21(29)14-31-17-12-10-16(11-13-17)23-27-24(30)22-18-7-3-5-9-20(18)32-25(22)28-23/h2,4,6,8,10-13H,3,5,7,9,14H2,1H3,(H,26,29)(H,27,28,30). The van der Waals surface area contributed by atoms with Crippen LogP contribution in [0.2, 0.25) is 0 Å². The van der Waals surface area contributed by atoms with Crippen LogP contribution in [0.3, 0.4) is 0 Å². The SMILES string of the molecule is Cc1ccccc1NC(=O)COc1ccc(-c2nc3sc4c(c3c(=O)[nH]2)CCCC4)cc1. The van der Waals surface area contributed by atoms with Crippen LogP contribution in [-0.4, -0.2) is 22.5 Å². The molecule has 0 atom stereocenters. The number of hydrogen-bond acceptors (Lipinski definition) is 5. The number of rotatable bonds is 5. The van der Waals surface area contributed by atoms with Crippen molar-refractivity contribution in [1.29, 1.82) is 0 Å². The number of ether oxygens (including phenoxy) is 1. The maximum Gasteiger partial charge on any atom is 0.262 e. The molecule has 1 aliphatic rings. The number of nitrogens with one attached hydrogen (secondary N) is 2. The molecule has 2 heterocycles. The number of fused-ring (bicyclic) bond motifs is 3. The minimum atomic E-state index is -0.221. The smallest absolute Gasteiger partial charge is 0.262 e. The van der Waals surface area contributed by atoms with Gasteiger partial charge in [0, 0.05) is 16.1 Å². The molecule has 2 aromatic carbocycles.